The number of aliphatic carboxylic acids is 1. The van der Waals surface area contributed by atoms with Crippen molar-refractivity contribution in [1.29, 1.82) is 0 Å². The topological polar surface area (TPSA) is 57.6 Å². The molecule has 1 aliphatic rings. The third-order valence-electron chi connectivity index (χ3n) is 2.83. The fourth-order valence-electron chi connectivity index (χ4n) is 1.99. The Hall–Kier alpha value is -1.49. The molecule has 0 spiro atoms. The Balaban J connectivity index is 2.19. The van der Waals surface area contributed by atoms with E-state index in [9.17, 15) is 9.59 Å². The molecule has 1 aliphatic heterocycles. The number of nitrogens with zero attached hydrogens (tertiary/aromatic N) is 1. The van der Waals surface area contributed by atoms with Crippen LogP contribution in [-0.2, 0) is 9.59 Å². The van der Waals surface area contributed by atoms with Crippen molar-refractivity contribution in [2.24, 2.45) is 0 Å². The van der Waals surface area contributed by atoms with E-state index in [1.165, 1.54) is 4.90 Å². The summed E-state index contributed by atoms with van der Waals surface area (Å²) in [5.41, 5.74) is 0.650. The van der Waals surface area contributed by atoms with Gasteiger partial charge in [-0.15, -0.1) is 11.8 Å². The number of amides is 1. The van der Waals surface area contributed by atoms with Crippen LogP contribution >= 0.6 is 11.8 Å². The van der Waals surface area contributed by atoms with Crippen LogP contribution < -0.4 is 4.90 Å². The van der Waals surface area contributed by atoms with Gasteiger partial charge in [-0.2, -0.15) is 0 Å². The third-order valence-corrected chi connectivity index (χ3v) is 4.20. The Morgan fingerprint density at radius 3 is 2.61 bits per heavy atom. The zero-order valence-electron chi connectivity index (χ0n) is 9.91. The van der Waals surface area contributed by atoms with E-state index in [1.54, 1.807) is 36.0 Å². The van der Waals surface area contributed by atoms with Crippen molar-refractivity contribution in [3.8, 4) is 0 Å². The average Bonchev–Trinajstić information content (AvgIpc) is 2.90. The summed E-state index contributed by atoms with van der Waals surface area (Å²) in [6, 6.07) is 8.98. The van der Waals surface area contributed by atoms with Crippen LogP contribution in [0, 0.1) is 0 Å². The van der Waals surface area contributed by atoms with Crippen molar-refractivity contribution >= 4 is 29.3 Å². The molecule has 1 amide bonds. The summed E-state index contributed by atoms with van der Waals surface area (Å²) in [7, 11) is 0. The molecule has 2 rings (SSSR count). The molecule has 0 aromatic heterocycles. The lowest BCUT2D eigenvalue weighted by molar-refractivity contribution is -0.136. The summed E-state index contributed by atoms with van der Waals surface area (Å²) in [5, 5.41) is 8.84. The van der Waals surface area contributed by atoms with E-state index >= 15 is 0 Å². The summed E-state index contributed by atoms with van der Waals surface area (Å²) in [6.07, 6.45) is 1.86. The maximum Gasteiger partial charge on any atom is 0.323 e. The highest BCUT2D eigenvalue weighted by Gasteiger charge is 2.29. The van der Waals surface area contributed by atoms with Gasteiger partial charge in [0.2, 0.25) is 5.91 Å². The molecule has 0 radical (unpaired) electrons. The van der Waals surface area contributed by atoms with Gasteiger partial charge >= 0.3 is 5.97 Å². The van der Waals surface area contributed by atoms with Gasteiger partial charge in [0.25, 0.3) is 0 Å². The van der Waals surface area contributed by atoms with Gasteiger partial charge < -0.3 is 10.0 Å². The summed E-state index contributed by atoms with van der Waals surface area (Å²) >= 11 is 1.62. The van der Waals surface area contributed by atoms with Gasteiger partial charge in [0.05, 0.1) is 5.25 Å². The van der Waals surface area contributed by atoms with Crippen LogP contribution in [0.25, 0.3) is 0 Å². The van der Waals surface area contributed by atoms with E-state index in [0.29, 0.717) is 5.69 Å². The van der Waals surface area contributed by atoms with Gasteiger partial charge in [-0.1, -0.05) is 18.2 Å². The second kappa shape index (κ2) is 5.91. The molecular formula is C13H15NO3S. The van der Waals surface area contributed by atoms with E-state index in [-0.39, 0.29) is 17.7 Å². The second-order valence-corrected chi connectivity index (χ2v) is 5.47. The van der Waals surface area contributed by atoms with Crippen LogP contribution in [0.2, 0.25) is 0 Å². The van der Waals surface area contributed by atoms with Crippen LogP contribution in [-0.4, -0.2) is 34.5 Å². The van der Waals surface area contributed by atoms with Crippen molar-refractivity contribution in [1.82, 2.24) is 0 Å². The number of carbonyl (C=O) groups excluding carboxylic acids is 1. The molecule has 1 atom stereocenters. The number of hydrogen-bond acceptors (Lipinski definition) is 3. The summed E-state index contributed by atoms with van der Waals surface area (Å²) in [4.78, 5) is 24.6. The van der Waals surface area contributed by atoms with E-state index in [1.807, 2.05) is 6.07 Å². The first-order valence-electron chi connectivity index (χ1n) is 5.88. The van der Waals surface area contributed by atoms with Gasteiger partial charge in [0.1, 0.15) is 6.54 Å². The lowest BCUT2D eigenvalue weighted by Gasteiger charge is -2.23. The lowest BCUT2D eigenvalue weighted by Crippen LogP contribution is -2.40. The van der Waals surface area contributed by atoms with Crippen LogP contribution in [0.4, 0.5) is 5.69 Å². The Bertz CT molecular complexity index is 429. The number of thioether (sulfide) groups is 1. The van der Waals surface area contributed by atoms with Crippen LogP contribution in [0.3, 0.4) is 0 Å². The smallest absolute Gasteiger partial charge is 0.323 e. The number of benzene rings is 1. The molecule has 1 aromatic rings. The average molecular weight is 265 g/mol. The van der Waals surface area contributed by atoms with Gasteiger partial charge in [0, 0.05) is 5.69 Å². The number of carboxylic acids is 1. The quantitative estimate of drug-likeness (QED) is 0.904. The van der Waals surface area contributed by atoms with Crippen LogP contribution in [0.5, 0.6) is 0 Å². The van der Waals surface area contributed by atoms with Gasteiger partial charge in [0.15, 0.2) is 0 Å². The normalized spacial score (nSPS) is 18.6. The molecule has 0 aliphatic carbocycles. The van der Waals surface area contributed by atoms with Gasteiger partial charge in [-0.25, -0.2) is 0 Å². The third kappa shape index (κ3) is 3.04. The molecule has 18 heavy (non-hydrogen) atoms. The predicted molar refractivity (Wildman–Crippen MR) is 71.9 cm³/mol. The minimum atomic E-state index is -0.991. The van der Waals surface area contributed by atoms with Crippen LogP contribution in [0.1, 0.15) is 12.8 Å². The number of hydrogen-bond donors (Lipinski definition) is 1. The Labute approximate surface area is 110 Å². The summed E-state index contributed by atoms with van der Waals surface area (Å²) in [6.45, 7) is -0.278. The summed E-state index contributed by atoms with van der Waals surface area (Å²) < 4.78 is 0. The largest absolute Gasteiger partial charge is 0.480 e. The lowest BCUT2D eigenvalue weighted by atomic mass is 10.2. The van der Waals surface area contributed by atoms with Crippen molar-refractivity contribution < 1.29 is 14.7 Å². The molecule has 1 aromatic carbocycles. The highest BCUT2D eigenvalue weighted by molar-refractivity contribution is 8.00. The number of para-hydroxylation sites is 1. The molecule has 4 nitrogen and oxygen atoms in total. The minimum absolute atomic E-state index is 0.0916. The zero-order valence-corrected chi connectivity index (χ0v) is 10.7. The minimum Gasteiger partial charge on any atom is -0.480 e. The van der Waals surface area contributed by atoms with Crippen molar-refractivity contribution in [2.45, 2.75) is 18.1 Å². The fraction of sp³-hybridized carbons (Fsp3) is 0.385. The predicted octanol–water partition coefficient (Wildman–Crippen LogP) is 2.00. The molecule has 1 N–H and O–H groups in total. The maximum absolute atomic E-state index is 12.3. The van der Waals surface area contributed by atoms with Crippen molar-refractivity contribution in [2.75, 3.05) is 17.2 Å². The Morgan fingerprint density at radius 2 is 2.06 bits per heavy atom. The highest BCUT2D eigenvalue weighted by Crippen LogP contribution is 2.29. The molecular weight excluding hydrogens is 250 g/mol. The van der Waals surface area contributed by atoms with Gasteiger partial charge in [-0.05, 0) is 30.7 Å². The number of anilines is 1. The van der Waals surface area contributed by atoms with Crippen LogP contribution in [0.15, 0.2) is 30.3 Å². The van der Waals surface area contributed by atoms with E-state index in [4.69, 9.17) is 5.11 Å². The first-order valence-corrected chi connectivity index (χ1v) is 6.93. The molecule has 96 valence electrons. The van der Waals surface area contributed by atoms with Gasteiger partial charge in [-0.3, -0.25) is 9.59 Å². The molecule has 0 saturated carbocycles. The molecule has 0 bridgehead atoms. The van der Waals surface area contributed by atoms with E-state index < -0.39 is 5.97 Å². The Morgan fingerprint density at radius 1 is 1.33 bits per heavy atom. The molecule has 1 saturated heterocycles. The van der Waals surface area contributed by atoms with E-state index in [2.05, 4.69) is 0 Å². The molecule has 1 fully saturated rings. The first kappa shape index (κ1) is 13.0. The fourth-order valence-corrected chi connectivity index (χ4v) is 3.21. The van der Waals surface area contributed by atoms with Crippen molar-refractivity contribution in [3.63, 3.8) is 0 Å². The highest BCUT2D eigenvalue weighted by atomic mass is 32.2. The molecule has 1 heterocycles. The number of carboxylic acid groups (broad SMARTS) is 1. The molecule has 0 unspecified atom stereocenters. The SMILES string of the molecule is O=C(O)CN(C(=O)[C@@H]1CCCS1)c1ccccc1. The first-order chi connectivity index (χ1) is 8.68. The summed E-state index contributed by atoms with van der Waals surface area (Å²) in [5.74, 6) is -0.104. The second-order valence-electron chi connectivity index (χ2n) is 4.16. The Kier molecular flexibility index (Phi) is 4.25. The van der Waals surface area contributed by atoms with E-state index in [0.717, 1.165) is 18.6 Å². The maximum atomic E-state index is 12.3. The zero-order chi connectivity index (χ0) is 13.0. The number of rotatable bonds is 4. The number of carbonyl (C=O) groups is 2. The van der Waals surface area contributed by atoms with Crippen molar-refractivity contribution in [3.05, 3.63) is 30.3 Å². The monoisotopic (exact) mass is 265 g/mol. The standard InChI is InChI=1S/C13H15NO3S/c15-12(16)9-14(10-5-2-1-3-6-10)13(17)11-7-4-8-18-11/h1-3,5-6,11H,4,7-9H2,(H,15,16)/t11-/m0/s1. The molecule has 5 heteroatoms.